The van der Waals surface area contributed by atoms with Gasteiger partial charge in [0.25, 0.3) is 10.1 Å². The van der Waals surface area contributed by atoms with Gasteiger partial charge >= 0.3 is 0 Å². The molecule has 6 bridgehead atoms. The zero-order valence-electron chi connectivity index (χ0n) is 10.8. The van der Waals surface area contributed by atoms with E-state index in [-0.39, 0.29) is 11.0 Å². The van der Waals surface area contributed by atoms with Crippen LogP contribution in [0.3, 0.4) is 0 Å². The van der Waals surface area contributed by atoms with Gasteiger partial charge < -0.3 is 0 Å². The molecule has 0 saturated heterocycles. The van der Waals surface area contributed by atoms with Gasteiger partial charge in [-0.2, -0.15) is 8.42 Å². The molecule has 3 nitrogen and oxygen atoms in total. The van der Waals surface area contributed by atoms with Crippen LogP contribution in [0.5, 0.6) is 0 Å². The van der Waals surface area contributed by atoms with Crippen LogP contribution in [0.25, 0.3) is 0 Å². The second-order valence-electron chi connectivity index (χ2n) is 6.74. The first-order valence-electron chi connectivity index (χ1n) is 7.25. The molecule has 1 aromatic rings. The van der Waals surface area contributed by atoms with Crippen molar-refractivity contribution in [2.24, 2.45) is 35.5 Å². The van der Waals surface area contributed by atoms with Crippen LogP contribution in [0.4, 0.5) is 0 Å². The molecule has 106 valence electrons. The maximum absolute atomic E-state index is 12.4. The van der Waals surface area contributed by atoms with Crippen molar-refractivity contribution < 1.29 is 12.6 Å². The highest BCUT2D eigenvalue weighted by atomic mass is 79.9. The van der Waals surface area contributed by atoms with Gasteiger partial charge in [-0.15, -0.1) is 0 Å². The lowest BCUT2D eigenvalue weighted by atomic mass is 9.98. The SMILES string of the molecule is O=S(=O)(O[C@H]1CC2C3CC4C2C4C31)c1ccc(Br)cc1. The number of hydrogen-bond donors (Lipinski definition) is 0. The summed E-state index contributed by atoms with van der Waals surface area (Å²) in [5, 5.41) is 0. The third-order valence-electron chi connectivity index (χ3n) is 6.11. The van der Waals surface area contributed by atoms with Gasteiger partial charge in [0.1, 0.15) is 0 Å². The summed E-state index contributed by atoms with van der Waals surface area (Å²) in [6, 6.07) is 6.69. The molecule has 5 aliphatic carbocycles. The van der Waals surface area contributed by atoms with E-state index in [1.165, 1.54) is 6.42 Å². The average Bonchev–Trinajstić information content (AvgIpc) is 2.74. The van der Waals surface area contributed by atoms with Crippen molar-refractivity contribution in [3.63, 3.8) is 0 Å². The third kappa shape index (κ3) is 1.41. The van der Waals surface area contributed by atoms with Crippen LogP contribution < -0.4 is 0 Å². The normalized spacial score (nSPS) is 47.0. The number of hydrogen-bond acceptors (Lipinski definition) is 3. The Balaban J connectivity index is 1.41. The third-order valence-corrected chi connectivity index (χ3v) is 7.98. The molecule has 5 fully saturated rings. The zero-order chi connectivity index (χ0) is 13.6. The zero-order valence-corrected chi connectivity index (χ0v) is 13.2. The van der Waals surface area contributed by atoms with Crippen molar-refractivity contribution >= 4 is 26.0 Å². The van der Waals surface area contributed by atoms with E-state index in [9.17, 15) is 8.42 Å². The second kappa shape index (κ2) is 3.68. The fourth-order valence-corrected chi connectivity index (χ4v) is 6.97. The molecule has 0 spiro atoms. The van der Waals surface area contributed by atoms with Crippen molar-refractivity contribution in [2.45, 2.75) is 23.8 Å². The highest BCUT2D eigenvalue weighted by Crippen LogP contribution is 2.81. The summed E-state index contributed by atoms with van der Waals surface area (Å²) in [4.78, 5) is 0.267. The van der Waals surface area contributed by atoms with Gasteiger partial charge in [0.2, 0.25) is 0 Å². The summed E-state index contributed by atoms with van der Waals surface area (Å²) >= 11 is 3.32. The quantitative estimate of drug-likeness (QED) is 0.783. The fraction of sp³-hybridized carbons (Fsp3) is 0.600. The van der Waals surface area contributed by atoms with Gasteiger partial charge in [-0.3, -0.25) is 4.18 Å². The van der Waals surface area contributed by atoms with Crippen LogP contribution in [-0.4, -0.2) is 14.5 Å². The molecule has 1 aromatic carbocycles. The molecular weight excluding hydrogens is 340 g/mol. The van der Waals surface area contributed by atoms with Crippen molar-refractivity contribution in [2.75, 3.05) is 0 Å². The van der Waals surface area contributed by atoms with E-state index in [1.807, 2.05) is 0 Å². The van der Waals surface area contributed by atoms with Crippen LogP contribution in [0.15, 0.2) is 33.6 Å². The van der Waals surface area contributed by atoms with Crippen molar-refractivity contribution in [1.29, 1.82) is 0 Å². The van der Waals surface area contributed by atoms with E-state index in [1.54, 1.807) is 24.3 Å². The van der Waals surface area contributed by atoms with Crippen molar-refractivity contribution in [3.8, 4) is 0 Å². The Bertz CT molecular complexity index is 684. The Hall–Kier alpha value is -0.390. The second-order valence-corrected chi connectivity index (χ2v) is 9.23. The van der Waals surface area contributed by atoms with E-state index in [4.69, 9.17) is 4.18 Å². The highest BCUT2D eigenvalue weighted by Gasteiger charge is 2.78. The minimum absolute atomic E-state index is 0.0626. The smallest absolute Gasteiger partial charge is 0.263 e. The predicted octanol–water partition coefficient (Wildman–Crippen LogP) is 3.05. The molecule has 0 aliphatic heterocycles. The van der Waals surface area contributed by atoms with Gasteiger partial charge in [0.15, 0.2) is 0 Å². The molecule has 0 N–H and O–H groups in total. The van der Waals surface area contributed by atoms with Crippen molar-refractivity contribution in [1.82, 2.24) is 0 Å². The number of rotatable bonds is 3. The van der Waals surface area contributed by atoms with E-state index in [0.717, 1.165) is 40.5 Å². The Morgan fingerprint density at radius 2 is 1.65 bits per heavy atom. The van der Waals surface area contributed by atoms with Crippen LogP contribution >= 0.6 is 15.9 Å². The summed E-state index contributed by atoms with van der Waals surface area (Å²) < 4.78 is 31.2. The van der Waals surface area contributed by atoms with Crippen LogP contribution in [-0.2, 0) is 14.3 Å². The Morgan fingerprint density at radius 3 is 2.25 bits per heavy atom. The molecule has 5 saturated carbocycles. The van der Waals surface area contributed by atoms with Crippen LogP contribution in [0.1, 0.15) is 12.8 Å². The molecule has 6 unspecified atom stereocenters. The summed E-state index contributed by atoms with van der Waals surface area (Å²) in [7, 11) is -3.61. The molecule has 6 rings (SSSR count). The minimum atomic E-state index is -3.61. The molecule has 0 radical (unpaired) electrons. The first-order valence-corrected chi connectivity index (χ1v) is 9.45. The lowest BCUT2D eigenvalue weighted by Gasteiger charge is -2.21. The molecule has 7 atom stereocenters. The standard InChI is InChI=1S/C15H15BrO3S/c16-7-1-3-8(4-2-7)20(17,18)19-12-6-10-9-5-11-13(10)15(11)14(9)12/h1-4,9-15H,5-6H2/t9?,10?,11?,12-,13?,14?,15?/m0/s1. The van der Waals surface area contributed by atoms with Gasteiger partial charge in [-0.25, -0.2) is 0 Å². The summed E-state index contributed by atoms with van der Waals surface area (Å²) in [6.07, 6.45) is 2.23. The minimum Gasteiger partial charge on any atom is -0.263 e. The average molecular weight is 355 g/mol. The number of halogens is 1. The van der Waals surface area contributed by atoms with Crippen LogP contribution in [0, 0.1) is 35.5 Å². The molecule has 5 heteroatoms. The molecule has 0 amide bonds. The summed E-state index contributed by atoms with van der Waals surface area (Å²) in [5.41, 5.74) is 0. The summed E-state index contributed by atoms with van der Waals surface area (Å²) in [5.74, 6) is 4.70. The molecule has 0 heterocycles. The first-order chi connectivity index (χ1) is 9.56. The van der Waals surface area contributed by atoms with Gasteiger partial charge in [-0.05, 0) is 72.6 Å². The van der Waals surface area contributed by atoms with Crippen LogP contribution in [0.2, 0.25) is 0 Å². The van der Waals surface area contributed by atoms with Gasteiger partial charge in [0.05, 0.1) is 11.0 Å². The Morgan fingerprint density at radius 1 is 0.950 bits per heavy atom. The van der Waals surface area contributed by atoms with E-state index < -0.39 is 10.1 Å². The van der Waals surface area contributed by atoms with Crippen molar-refractivity contribution in [3.05, 3.63) is 28.7 Å². The Kier molecular flexibility index (Phi) is 2.24. The monoisotopic (exact) mass is 354 g/mol. The largest absolute Gasteiger partial charge is 0.297 e. The lowest BCUT2D eigenvalue weighted by Crippen LogP contribution is -2.26. The number of benzene rings is 1. The van der Waals surface area contributed by atoms with E-state index in [2.05, 4.69) is 15.9 Å². The van der Waals surface area contributed by atoms with E-state index >= 15 is 0 Å². The molecule has 5 aliphatic rings. The highest BCUT2D eigenvalue weighted by molar-refractivity contribution is 9.10. The van der Waals surface area contributed by atoms with Gasteiger partial charge in [0, 0.05) is 4.47 Å². The fourth-order valence-electron chi connectivity index (χ4n) is 5.59. The predicted molar refractivity (Wildman–Crippen MR) is 76.4 cm³/mol. The lowest BCUT2D eigenvalue weighted by molar-refractivity contribution is 0.135. The Labute approximate surface area is 127 Å². The van der Waals surface area contributed by atoms with E-state index in [0.29, 0.717) is 5.92 Å². The molecule has 20 heavy (non-hydrogen) atoms. The molecular formula is C15H15BrO3S. The summed E-state index contributed by atoms with van der Waals surface area (Å²) in [6.45, 7) is 0. The first kappa shape index (κ1) is 12.2. The maximum Gasteiger partial charge on any atom is 0.297 e. The van der Waals surface area contributed by atoms with Gasteiger partial charge in [-0.1, -0.05) is 15.9 Å². The topological polar surface area (TPSA) is 43.4 Å². The molecule has 0 aromatic heterocycles. The maximum atomic E-state index is 12.4.